The summed E-state index contributed by atoms with van der Waals surface area (Å²) >= 11 is 12.1. The Morgan fingerprint density at radius 2 is 1.79 bits per heavy atom. The van der Waals surface area contributed by atoms with Gasteiger partial charge in [-0.1, -0.05) is 41.4 Å². The summed E-state index contributed by atoms with van der Waals surface area (Å²) in [6.45, 7) is 0.636. The van der Waals surface area contributed by atoms with Crippen molar-refractivity contribution in [2.45, 2.75) is 13.2 Å². The molecule has 0 bridgehead atoms. The molecule has 0 unspecified atom stereocenters. The van der Waals surface area contributed by atoms with Crippen LogP contribution in [-0.4, -0.2) is 12.2 Å². The Kier molecular flexibility index (Phi) is 4.70. The van der Waals surface area contributed by atoms with Crippen LogP contribution in [0.1, 0.15) is 11.1 Å². The highest BCUT2D eigenvalue weighted by Crippen LogP contribution is 2.26. The first-order valence-electron chi connectivity index (χ1n) is 5.95. The molecule has 0 saturated heterocycles. The maximum Gasteiger partial charge on any atom is 0.0702 e. The number of hydrogen-bond donors (Lipinski definition) is 1. The van der Waals surface area contributed by atoms with Crippen molar-refractivity contribution in [3.05, 3.63) is 63.6 Å². The van der Waals surface area contributed by atoms with Gasteiger partial charge in [-0.3, -0.25) is 0 Å². The Morgan fingerprint density at radius 1 is 1.05 bits per heavy atom. The fraction of sp³-hybridized carbons (Fsp3) is 0.200. The standard InChI is InChI=1S/C15H15Cl2NO/c1-18(9-11-4-2-3-5-14(11)17)15-7-6-13(16)8-12(15)10-19/h2-8,19H,9-10H2,1H3. The summed E-state index contributed by atoms with van der Waals surface area (Å²) in [7, 11) is 1.96. The lowest BCUT2D eigenvalue weighted by Crippen LogP contribution is -2.18. The summed E-state index contributed by atoms with van der Waals surface area (Å²) in [6.07, 6.45) is 0. The Labute approximate surface area is 123 Å². The van der Waals surface area contributed by atoms with Crippen LogP contribution in [0.25, 0.3) is 0 Å². The van der Waals surface area contributed by atoms with Crippen LogP contribution in [0.5, 0.6) is 0 Å². The van der Waals surface area contributed by atoms with Gasteiger partial charge in [0, 0.05) is 34.9 Å². The molecule has 0 aliphatic carbocycles. The zero-order valence-corrected chi connectivity index (χ0v) is 12.1. The van der Waals surface area contributed by atoms with E-state index >= 15 is 0 Å². The smallest absolute Gasteiger partial charge is 0.0702 e. The van der Waals surface area contributed by atoms with E-state index in [2.05, 4.69) is 0 Å². The molecule has 2 nitrogen and oxygen atoms in total. The second-order valence-electron chi connectivity index (χ2n) is 4.38. The van der Waals surface area contributed by atoms with Crippen molar-refractivity contribution in [3.8, 4) is 0 Å². The SMILES string of the molecule is CN(Cc1ccccc1Cl)c1ccc(Cl)cc1CO. The molecule has 1 N–H and O–H groups in total. The average Bonchev–Trinajstić information content (AvgIpc) is 2.41. The lowest BCUT2D eigenvalue weighted by atomic mass is 10.1. The fourth-order valence-electron chi connectivity index (χ4n) is 2.02. The Bertz CT molecular complexity index is 572. The summed E-state index contributed by atoms with van der Waals surface area (Å²) in [5.41, 5.74) is 2.80. The van der Waals surface area contributed by atoms with E-state index in [0.29, 0.717) is 11.6 Å². The highest BCUT2D eigenvalue weighted by Gasteiger charge is 2.09. The number of anilines is 1. The lowest BCUT2D eigenvalue weighted by molar-refractivity contribution is 0.282. The van der Waals surface area contributed by atoms with Gasteiger partial charge in [0.1, 0.15) is 0 Å². The van der Waals surface area contributed by atoms with E-state index in [9.17, 15) is 5.11 Å². The molecule has 4 heteroatoms. The molecule has 2 aromatic carbocycles. The van der Waals surface area contributed by atoms with Crippen molar-refractivity contribution in [1.82, 2.24) is 0 Å². The van der Waals surface area contributed by atoms with Gasteiger partial charge in [0.2, 0.25) is 0 Å². The van der Waals surface area contributed by atoms with E-state index in [1.807, 2.05) is 48.3 Å². The molecule has 0 atom stereocenters. The number of aliphatic hydroxyl groups excluding tert-OH is 1. The van der Waals surface area contributed by atoms with Crippen LogP contribution in [0.15, 0.2) is 42.5 Å². The normalized spacial score (nSPS) is 10.5. The quantitative estimate of drug-likeness (QED) is 0.917. The van der Waals surface area contributed by atoms with Crippen LogP contribution in [0.2, 0.25) is 10.0 Å². The summed E-state index contributed by atoms with van der Waals surface area (Å²) < 4.78 is 0. The van der Waals surface area contributed by atoms with Crippen LogP contribution >= 0.6 is 23.2 Å². The van der Waals surface area contributed by atoms with E-state index in [1.165, 1.54) is 0 Å². The number of aliphatic hydroxyl groups is 1. The second kappa shape index (κ2) is 6.29. The van der Waals surface area contributed by atoms with Crippen LogP contribution in [0, 0.1) is 0 Å². The third kappa shape index (κ3) is 3.41. The van der Waals surface area contributed by atoms with Crippen molar-refractivity contribution < 1.29 is 5.11 Å². The fourth-order valence-corrected chi connectivity index (χ4v) is 2.41. The molecule has 0 fully saturated rings. The van der Waals surface area contributed by atoms with Crippen molar-refractivity contribution in [1.29, 1.82) is 0 Å². The number of hydrogen-bond acceptors (Lipinski definition) is 2. The molecule has 0 aromatic heterocycles. The van der Waals surface area contributed by atoms with Gasteiger partial charge in [0.25, 0.3) is 0 Å². The highest BCUT2D eigenvalue weighted by atomic mass is 35.5. The minimum absolute atomic E-state index is 0.0389. The van der Waals surface area contributed by atoms with Gasteiger partial charge in [0.15, 0.2) is 0 Å². The predicted octanol–water partition coefficient (Wildman–Crippen LogP) is 4.12. The molecule has 0 spiro atoms. The van der Waals surface area contributed by atoms with Gasteiger partial charge in [0.05, 0.1) is 6.61 Å². The molecule has 0 amide bonds. The molecule has 0 aliphatic heterocycles. The monoisotopic (exact) mass is 295 g/mol. The third-order valence-corrected chi connectivity index (χ3v) is 3.59. The number of rotatable bonds is 4. The second-order valence-corrected chi connectivity index (χ2v) is 5.22. The van der Waals surface area contributed by atoms with E-state index in [1.54, 1.807) is 6.07 Å². The van der Waals surface area contributed by atoms with E-state index < -0.39 is 0 Å². The van der Waals surface area contributed by atoms with Crippen molar-refractivity contribution in [2.75, 3.05) is 11.9 Å². The Morgan fingerprint density at radius 3 is 2.47 bits per heavy atom. The molecular weight excluding hydrogens is 281 g/mol. The molecule has 0 saturated carbocycles. The van der Waals surface area contributed by atoms with E-state index in [4.69, 9.17) is 23.2 Å². The molecule has 0 heterocycles. The molecule has 100 valence electrons. The highest BCUT2D eigenvalue weighted by molar-refractivity contribution is 6.31. The van der Waals surface area contributed by atoms with Crippen LogP contribution in [0.4, 0.5) is 5.69 Å². The van der Waals surface area contributed by atoms with E-state index in [0.717, 1.165) is 21.8 Å². The van der Waals surface area contributed by atoms with Gasteiger partial charge in [-0.25, -0.2) is 0 Å². The molecule has 0 radical (unpaired) electrons. The summed E-state index contributed by atoms with van der Waals surface area (Å²) in [5, 5.41) is 10.8. The van der Waals surface area contributed by atoms with Crippen molar-refractivity contribution in [3.63, 3.8) is 0 Å². The zero-order chi connectivity index (χ0) is 13.8. The molecule has 19 heavy (non-hydrogen) atoms. The Balaban J connectivity index is 2.25. The van der Waals surface area contributed by atoms with Crippen molar-refractivity contribution >= 4 is 28.9 Å². The molecule has 2 aromatic rings. The first-order chi connectivity index (χ1) is 9.11. The van der Waals surface area contributed by atoms with Gasteiger partial charge >= 0.3 is 0 Å². The first kappa shape index (κ1) is 14.2. The minimum Gasteiger partial charge on any atom is -0.392 e. The van der Waals surface area contributed by atoms with Gasteiger partial charge in [-0.15, -0.1) is 0 Å². The molecule has 0 aliphatic rings. The average molecular weight is 296 g/mol. The van der Waals surface area contributed by atoms with Gasteiger partial charge in [-0.2, -0.15) is 0 Å². The predicted molar refractivity (Wildman–Crippen MR) is 80.9 cm³/mol. The lowest BCUT2D eigenvalue weighted by Gasteiger charge is -2.22. The van der Waals surface area contributed by atoms with Crippen LogP contribution < -0.4 is 4.90 Å². The topological polar surface area (TPSA) is 23.5 Å². The van der Waals surface area contributed by atoms with Crippen molar-refractivity contribution in [2.24, 2.45) is 0 Å². The summed E-state index contributed by atoms with van der Waals surface area (Å²) in [6, 6.07) is 13.2. The maximum absolute atomic E-state index is 9.40. The number of nitrogens with zero attached hydrogens (tertiary/aromatic N) is 1. The van der Waals surface area contributed by atoms with Gasteiger partial charge < -0.3 is 10.0 Å². The Hall–Kier alpha value is -1.22. The first-order valence-corrected chi connectivity index (χ1v) is 6.71. The number of benzene rings is 2. The summed E-state index contributed by atoms with van der Waals surface area (Å²) in [5.74, 6) is 0. The molecular formula is C15H15Cl2NO. The summed E-state index contributed by atoms with van der Waals surface area (Å²) in [4.78, 5) is 2.04. The number of halogens is 2. The minimum atomic E-state index is -0.0389. The van der Waals surface area contributed by atoms with E-state index in [-0.39, 0.29) is 6.61 Å². The zero-order valence-electron chi connectivity index (χ0n) is 10.6. The molecule has 2 rings (SSSR count). The van der Waals surface area contributed by atoms with Crippen LogP contribution in [-0.2, 0) is 13.2 Å². The maximum atomic E-state index is 9.40. The largest absolute Gasteiger partial charge is 0.392 e. The third-order valence-electron chi connectivity index (χ3n) is 2.99. The van der Waals surface area contributed by atoms with Crippen LogP contribution in [0.3, 0.4) is 0 Å². The van der Waals surface area contributed by atoms with Gasteiger partial charge in [-0.05, 0) is 29.8 Å².